The van der Waals surface area contributed by atoms with Gasteiger partial charge in [-0.05, 0) is 49.8 Å². The first-order chi connectivity index (χ1) is 11.1. The topological polar surface area (TPSA) is 79.5 Å². The number of carbonyl (C=O) groups excluding carboxylic acids is 1. The Kier molecular flexibility index (Phi) is 4.37. The van der Waals surface area contributed by atoms with Gasteiger partial charge in [0.15, 0.2) is 0 Å². The average Bonchev–Trinajstić information content (AvgIpc) is 2.98. The van der Waals surface area contributed by atoms with Gasteiger partial charge in [-0.25, -0.2) is 0 Å². The van der Waals surface area contributed by atoms with E-state index in [-0.39, 0.29) is 17.9 Å². The van der Waals surface area contributed by atoms with Crippen molar-refractivity contribution < 1.29 is 19.1 Å². The number of hydrogen-bond acceptors (Lipinski definition) is 3. The molecule has 1 aliphatic rings. The third-order valence-electron chi connectivity index (χ3n) is 4.70. The molecule has 5 nitrogen and oxygen atoms in total. The number of nitrogens with one attached hydrogen (secondary N) is 1. The van der Waals surface area contributed by atoms with E-state index in [1.54, 1.807) is 0 Å². The van der Waals surface area contributed by atoms with Gasteiger partial charge in [0.2, 0.25) is 0 Å². The van der Waals surface area contributed by atoms with Crippen molar-refractivity contribution in [3.05, 3.63) is 35.6 Å². The van der Waals surface area contributed by atoms with Gasteiger partial charge in [0.05, 0.1) is 11.5 Å². The molecular formula is C18H21NO4. The molecule has 2 aromatic rings. The zero-order valence-electron chi connectivity index (χ0n) is 13.2. The molecule has 0 saturated heterocycles. The van der Waals surface area contributed by atoms with E-state index >= 15 is 0 Å². The maximum absolute atomic E-state index is 12.5. The minimum atomic E-state index is -0.734. The summed E-state index contributed by atoms with van der Waals surface area (Å²) in [6.07, 6.45) is 5.06. The predicted molar refractivity (Wildman–Crippen MR) is 86.4 cm³/mol. The minimum Gasteiger partial charge on any atom is -0.481 e. The SMILES string of the molecule is CCc1ccc2occ(C(=O)NC3CCC(C(=O)O)CC3)c2c1. The molecular weight excluding hydrogens is 294 g/mol. The molecule has 1 amide bonds. The zero-order chi connectivity index (χ0) is 16.4. The zero-order valence-corrected chi connectivity index (χ0v) is 13.2. The summed E-state index contributed by atoms with van der Waals surface area (Å²) >= 11 is 0. The number of carboxylic acids is 1. The van der Waals surface area contributed by atoms with Crippen LogP contribution in [0.3, 0.4) is 0 Å². The Bertz CT molecular complexity index is 726. The highest BCUT2D eigenvalue weighted by atomic mass is 16.4. The molecule has 0 unspecified atom stereocenters. The van der Waals surface area contributed by atoms with E-state index in [0.29, 0.717) is 36.8 Å². The molecule has 0 aliphatic heterocycles. The third-order valence-corrected chi connectivity index (χ3v) is 4.70. The second-order valence-corrected chi connectivity index (χ2v) is 6.19. The third kappa shape index (κ3) is 3.23. The number of aryl methyl sites for hydroxylation is 1. The van der Waals surface area contributed by atoms with E-state index in [4.69, 9.17) is 9.52 Å². The van der Waals surface area contributed by atoms with Crippen LogP contribution in [0.2, 0.25) is 0 Å². The van der Waals surface area contributed by atoms with Crippen molar-refractivity contribution in [1.29, 1.82) is 0 Å². The summed E-state index contributed by atoms with van der Waals surface area (Å²) < 4.78 is 5.47. The van der Waals surface area contributed by atoms with Crippen LogP contribution in [0.5, 0.6) is 0 Å². The molecule has 1 aliphatic carbocycles. The molecule has 3 rings (SSSR count). The molecule has 1 aromatic heterocycles. The molecule has 2 N–H and O–H groups in total. The molecule has 122 valence electrons. The molecule has 1 heterocycles. The van der Waals surface area contributed by atoms with Gasteiger partial charge in [-0.2, -0.15) is 0 Å². The smallest absolute Gasteiger partial charge is 0.306 e. The first-order valence-corrected chi connectivity index (χ1v) is 8.12. The molecule has 0 atom stereocenters. The molecule has 0 spiro atoms. The number of carboxylic acid groups (broad SMARTS) is 1. The van der Waals surface area contributed by atoms with Gasteiger partial charge in [-0.3, -0.25) is 9.59 Å². The van der Waals surface area contributed by atoms with Crippen molar-refractivity contribution in [2.45, 2.75) is 45.1 Å². The lowest BCUT2D eigenvalue weighted by Gasteiger charge is -2.26. The van der Waals surface area contributed by atoms with E-state index in [0.717, 1.165) is 17.4 Å². The summed E-state index contributed by atoms with van der Waals surface area (Å²) in [5.74, 6) is -1.15. The standard InChI is InChI=1S/C18H21NO4/c1-2-11-3-8-16-14(9-11)15(10-23-16)17(20)19-13-6-4-12(5-7-13)18(21)22/h3,8-10,12-13H,2,4-7H2,1H3,(H,19,20)(H,21,22). The van der Waals surface area contributed by atoms with Crippen LogP contribution in [0.15, 0.2) is 28.9 Å². The second kappa shape index (κ2) is 6.44. The highest BCUT2D eigenvalue weighted by Gasteiger charge is 2.27. The van der Waals surface area contributed by atoms with E-state index in [2.05, 4.69) is 12.2 Å². The Morgan fingerprint density at radius 3 is 2.65 bits per heavy atom. The minimum absolute atomic E-state index is 0.0393. The quantitative estimate of drug-likeness (QED) is 0.906. The van der Waals surface area contributed by atoms with Crippen LogP contribution in [0.4, 0.5) is 0 Å². The Morgan fingerprint density at radius 2 is 2.00 bits per heavy atom. The van der Waals surface area contributed by atoms with Crippen LogP contribution in [-0.4, -0.2) is 23.0 Å². The number of furan rings is 1. The fourth-order valence-corrected chi connectivity index (χ4v) is 3.22. The molecule has 1 saturated carbocycles. The van der Waals surface area contributed by atoms with Crippen LogP contribution in [0.1, 0.15) is 48.5 Å². The lowest BCUT2D eigenvalue weighted by Crippen LogP contribution is -2.38. The summed E-state index contributed by atoms with van der Waals surface area (Å²) in [6, 6.07) is 5.93. The van der Waals surface area contributed by atoms with Gasteiger partial charge in [-0.15, -0.1) is 0 Å². The van der Waals surface area contributed by atoms with Crippen molar-refractivity contribution in [3.8, 4) is 0 Å². The van der Waals surface area contributed by atoms with Crippen LogP contribution < -0.4 is 5.32 Å². The number of rotatable bonds is 4. The lowest BCUT2D eigenvalue weighted by atomic mass is 9.86. The van der Waals surface area contributed by atoms with Crippen LogP contribution in [0.25, 0.3) is 11.0 Å². The number of benzene rings is 1. The average molecular weight is 315 g/mol. The van der Waals surface area contributed by atoms with E-state index in [9.17, 15) is 9.59 Å². The molecule has 1 fully saturated rings. The number of aliphatic carboxylic acids is 1. The Hall–Kier alpha value is -2.30. The van der Waals surface area contributed by atoms with E-state index < -0.39 is 5.97 Å². The van der Waals surface area contributed by atoms with E-state index in [1.807, 2.05) is 18.2 Å². The first kappa shape index (κ1) is 15.6. The van der Waals surface area contributed by atoms with Gasteiger partial charge in [0.1, 0.15) is 11.8 Å². The summed E-state index contributed by atoms with van der Waals surface area (Å²) in [4.78, 5) is 23.5. The Balaban J connectivity index is 1.70. The molecule has 23 heavy (non-hydrogen) atoms. The maximum Gasteiger partial charge on any atom is 0.306 e. The van der Waals surface area contributed by atoms with Crippen LogP contribution >= 0.6 is 0 Å². The first-order valence-electron chi connectivity index (χ1n) is 8.12. The van der Waals surface area contributed by atoms with Gasteiger partial charge in [0, 0.05) is 11.4 Å². The molecule has 5 heteroatoms. The van der Waals surface area contributed by atoms with Gasteiger partial charge in [0.25, 0.3) is 5.91 Å². The maximum atomic E-state index is 12.5. The normalized spacial score (nSPS) is 21.3. The van der Waals surface area contributed by atoms with Crippen molar-refractivity contribution in [3.63, 3.8) is 0 Å². The summed E-state index contributed by atoms with van der Waals surface area (Å²) in [6.45, 7) is 2.07. The van der Waals surface area contributed by atoms with Crippen LogP contribution in [-0.2, 0) is 11.2 Å². The van der Waals surface area contributed by atoms with Gasteiger partial charge < -0.3 is 14.8 Å². The molecule has 1 aromatic carbocycles. The van der Waals surface area contributed by atoms with Crippen LogP contribution in [0, 0.1) is 5.92 Å². The lowest BCUT2D eigenvalue weighted by molar-refractivity contribution is -0.142. The summed E-state index contributed by atoms with van der Waals surface area (Å²) in [7, 11) is 0. The number of fused-ring (bicyclic) bond motifs is 1. The number of hydrogen-bond donors (Lipinski definition) is 2. The Labute approximate surface area is 134 Å². The van der Waals surface area contributed by atoms with Gasteiger partial charge >= 0.3 is 5.97 Å². The monoisotopic (exact) mass is 315 g/mol. The predicted octanol–water partition coefficient (Wildman–Crippen LogP) is 3.37. The largest absolute Gasteiger partial charge is 0.481 e. The van der Waals surface area contributed by atoms with Crippen molar-refractivity contribution in [2.75, 3.05) is 0 Å². The number of carbonyl (C=O) groups is 2. The van der Waals surface area contributed by atoms with Crippen molar-refractivity contribution in [1.82, 2.24) is 5.32 Å². The fourth-order valence-electron chi connectivity index (χ4n) is 3.22. The Morgan fingerprint density at radius 1 is 1.26 bits per heavy atom. The summed E-state index contributed by atoms with van der Waals surface area (Å²) in [5.41, 5.74) is 2.42. The van der Waals surface area contributed by atoms with Crippen molar-refractivity contribution in [2.24, 2.45) is 5.92 Å². The van der Waals surface area contributed by atoms with Crippen molar-refractivity contribution >= 4 is 22.8 Å². The van der Waals surface area contributed by atoms with E-state index in [1.165, 1.54) is 6.26 Å². The molecule has 0 radical (unpaired) electrons. The second-order valence-electron chi connectivity index (χ2n) is 6.19. The molecule has 0 bridgehead atoms. The highest BCUT2D eigenvalue weighted by Crippen LogP contribution is 2.26. The number of amides is 1. The fraction of sp³-hybridized carbons (Fsp3) is 0.444. The highest BCUT2D eigenvalue weighted by molar-refractivity contribution is 6.06. The van der Waals surface area contributed by atoms with Gasteiger partial charge in [-0.1, -0.05) is 13.0 Å². The summed E-state index contributed by atoms with van der Waals surface area (Å²) in [5, 5.41) is 12.9.